The molecule has 2 rings (SSSR count). The number of halogens is 3. The Bertz CT molecular complexity index is 703. The fraction of sp³-hybridized carbons (Fsp3) is 0.571. The van der Waals surface area contributed by atoms with Crippen molar-refractivity contribution in [2.75, 3.05) is 13.6 Å². The molecule has 2 atom stereocenters. The highest BCUT2D eigenvalue weighted by Gasteiger charge is 2.53. The van der Waals surface area contributed by atoms with Crippen LogP contribution in [0.1, 0.15) is 30.1 Å². The molecule has 0 radical (unpaired) electrons. The van der Waals surface area contributed by atoms with Gasteiger partial charge < -0.3 is 15.2 Å². The van der Waals surface area contributed by atoms with Gasteiger partial charge in [-0.2, -0.15) is 13.2 Å². The van der Waals surface area contributed by atoms with E-state index in [4.69, 9.17) is 0 Å². The van der Waals surface area contributed by atoms with Crippen molar-refractivity contribution in [1.82, 2.24) is 15.2 Å². The molecule has 0 aliphatic carbocycles. The Morgan fingerprint density at radius 2 is 2.12 bits per heavy atom. The number of pyridine rings is 1. The normalized spacial score (nSPS) is 23.4. The Kier molecular flexibility index (Phi) is 4.64. The van der Waals surface area contributed by atoms with Gasteiger partial charge in [-0.1, -0.05) is 0 Å². The third-order valence-electron chi connectivity index (χ3n) is 4.34. The number of nitrogens with zero attached hydrogens (tertiary/aromatic N) is 1. The maximum Gasteiger partial charge on any atom is 0.408 e. The van der Waals surface area contributed by atoms with E-state index in [0.717, 1.165) is 6.20 Å². The van der Waals surface area contributed by atoms with Crippen LogP contribution in [-0.4, -0.2) is 51.5 Å². The molecule has 1 fully saturated rings. The summed E-state index contributed by atoms with van der Waals surface area (Å²) in [5.41, 5.74) is -3.89. The van der Waals surface area contributed by atoms with Gasteiger partial charge >= 0.3 is 12.1 Å². The topological polar surface area (TPSA) is 106 Å². The van der Waals surface area contributed by atoms with E-state index in [-0.39, 0.29) is 12.1 Å². The molecule has 0 aromatic carbocycles. The molecule has 7 nitrogen and oxygen atoms in total. The second kappa shape index (κ2) is 6.10. The molecule has 24 heavy (non-hydrogen) atoms. The number of alkyl halides is 3. The van der Waals surface area contributed by atoms with E-state index in [1.807, 2.05) is 0 Å². The predicted molar refractivity (Wildman–Crippen MR) is 77.6 cm³/mol. The second-order valence-corrected chi connectivity index (χ2v) is 5.86. The molecule has 2 heterocycles. The number of aromatic nitrogens is 1. The SMILES string of the molecule is Cc1[nH]cc(C(N[C@@]2(C(=O)O)CCCN2C)C(F)(F)F)c(=O)c1O. The molecule has 1 aromatic rings. The monoisotopic (exact) mass is 349 g/mol. The molecule has 4 N–H and O–H groups in total. The molecule has 0 spiro atoms. The average Bonchev–Trinajstić information content (AvgIpc) is 2.84. The van der Waals surface area contributed by atoms with Crippen LogP contribution in [0, 0.1) is 6.92 Å². The summed E-state index contributed by atoms with van der Waals surface area (Å²) in [6.45, 7) is 1.64. The molecule has 0 amide bonds. The highest BCUT2D eigenvalue weighted by Crippen LogP contribution is 2.36. The first-order valence-electron chi connectivity index (χ1n) is 7.21. The summed E-state index contributed by atoms with van der Waals surface area (Å²) in [5, 5.41) is 21.2. The number of hydrogen-bond donors (Lipinski definition) is 4. The summed E-state index contributed by atoms with van der Waals surface area (Å²) in [6.07, 6.45) is -3.73. The van der Waals surface area contributed by atoms with Crippen LogP contribution in [0.4, 0.5) is 13.2 Å². The number of nitrogens with one attached hydrogen (secondary N) is 2. The Hall–Kier alpha value is -2.07. The maximum atomic E-state index is 13.5. The number of aromatic hydroxyl groups is 1. The molecule has 134 valence electrons. The first kappa shape index (κ1) is 18.3. The smallest absolute Gasteiger partial charge is 0.408 e. The highest BCUT2D eigenvalue weighted by molar-refractivity contribution is 5.78. The van der Waals surface area contributed by atoms with Crippen molar-refractivity contribution < 1.29 is 28.2 Å². The van der Waals surface area contributed by atoms with Gasteiger partial charge in [-0.05, 0) is 26.8 Å². The van der Waals surface area contributed by atoms with Crippen molar-refractivity contribution in [3.8, 4) is 5.75 Å². The molecule has 0 saturated carbocycles. The number of aryl methyl sites for hydroxylation is 1. The van der Waals surface area contributed by atoms with E-state index in [9.17, 15) is 33.0 Å². The first-order chi connectivity index (χ1) is 11.0. The van der Waals surface area contributed by atoms with Crippen molar-refractivity contribution in [3.63, 3.8) is 0 Å². The van der Waals surface area contributed by atoms with Crippen LogP contribution in [0.5, 0.6) is 5.75 Å². The van der Waals surface area contributed by atoms with Crippen molar-refractivity contribution >= 4 is 5.97 Å². The first-order valence-corrected chi connectivity index (χ1v) is 7.21. The van der Waals surface area contributed by atoms with Crippen molar-refractivity contribution in [3.05, 3.63) is 27.7 Å². The molecule has 1 unspecified atom stereocenters. The number of likely N-dealkylation sites (N-methyl/N-ethyl adjacent to an activating group) is 1. The lowest BCUT2D eigenvalue weighted by atomic mass is 10.0. The molecule has 1 aliphatic rings. The van der Waals surface area contributed by atoms with E-state index in [1.165, 1.54) is 18.9 Å². The summed E-state index contributed by atoms with van der Waals surface area (Å²) in [5.74, 6) is -2.28. The number of aliphatic carboxylic acids is 1. The molecular weight excluding hydrogens is 331 g/mol. The number of likely N-dealkylation sites (tertiary alicyclic amines) is 1. The molecular formula is C14H18F3N3O4. The standard InChI is InChI=1S/C14H18F3N3O4/c1-7-9(21)10(22)8(6-18-7)11(14(15,16)17)19-13(12(23)24)4-3-5-20(13)2/h6,11,19,21H,3-5H2,1-2H3,(H,18,22)(H,23,24)/t11?,13-/m0/s1. The number of aromatic amines is 1. The average molecular weight is 349 g/mol. The van der Waals surface area contributed by atoms with Gasteiger partial charge in [-0.25, -0.2) is 4.79 Å². The summed E-state index contributed by atoms with van der Waals surface area (Å²) in [4.78, 5) is 27.3. The fourth-order valence-electron chi connectivity index (χ4n) is 2.88. The van der Waals surface area contributed by atoms with E-state index >= 15 is 0 Å². The predicted octanol–water partition coefficient (Wildman–Crippen LogP) is 1.09. The van der Waals surface area contributed by atoms with Crippen LogP contribution >= 0.6 is 0 Å². The lowest BCUT2D eigenvalue weighted by Crippen LogP contribution is -2.62. The number of hydrogen-bond acceptors (Lipinski definition) is 5. The van der Waals surface area contributed by atoms with Crippen LogP contribution in [0.25, 0.3) is 0 Å². The van der Waals surface area contributed by atoms with Gasteiger partial charge in [0.05, 0.1) is 5.69 Å². The maximum absolute atomic E-state index is 13.5. The lowest BCUT2D eigenvalue weighted by molar-refractivity contribution is -0.176. The molecule has 10 heteroatoms. The van der Waals surface area contributed by atoms with Gasteiger partial charge in [0.2, 0.25) is 5.43 Å². The minimum atomic E-state index is -4.93. The minimum Gasteiger partial charge on any atom is -0.503 e. The van der Waals surface area contributed by atoms with Gasteiger partial charge in [-0.3, -0.25) is 15.0 Å². The Morgan fingerprint density at radius 3 is 2.58 bits per heavy atom. The molecule has 1 aliphatic heterocycles. The zero-order valence-electron chi connectivity index (χ0n) is 13.1. The molecule has 0 bridgehead atoms. The second-order valence-electron chi connectivity index (χ2n) is 5.86. The van der Waals surface area contributed by atoms with Crippen LogP contribution in [0.15, 0.2) is 11.0 Å². The third kappa shape index (κ3) is 2.98. The van der Waals surface area contributed by atoms with Gasteiger partial charge in [0.1, 0.15) is 6.04 Å². The van der Waals surface area contributed by atoms with Gasteiger partial charge in [0.25, 0.3) is 0 Å². The van der Waals surface area contributed by atoms with E-state index in [0.29, 0.717) is 13.0 Å². The molecule has 1 saturated heterocycles. The number of carboxylic acids is 1. The summed E-state index contributed by atoms with van der Waals surface area (Å²) in [6, 6.07) is -2.54. The molecule has 1 aromatic heterocycles. The highest BCUT2D eigenvalue weighted by atomic mass is 19.4. The lowest BCUT2D eigenvalue weighted by Gasteiger charge is -2.37. The zero-order valence-corrected chi connectivity index (χ0v) is 13.1. The zero-order chi connectivity index (χ0) is 18.3. The third-order valence-corrected chi connectivity index (χ3v) is 4.34. The van der Waals surface area contributed by atoms with Crippen LogP contribution < -0.4 is 10.7 Å². The van der Waals surface area contributed by atoms with Crippen molar-refractivity contribution in [1.29, 1.82) is 0 Å². The van der Waals surface area contributed by atoms with Gasteiger partial charge in [-0.15, -0.1) is 0 Å². The Labute approximate surface area is 135 Å². The van der Waals surface area contributed by atoms with Gasteiger partial charge in [0.15, 0.2) is 11.4 Å². The summed E-state index contributed by atoms with van der Waals surface area (Å²) < 4.78 is 40.6. The van der Waals surface area contributed by atoms with Crippen molar-refractivity contribution in [2.45, 2.75) is 37.6 Å². The minimum absolute atomic E-state index is 0.0237. The van der Waals surface area contributed by atoms with Crippen LogP contribution in [0.2, 0.25) is 0 Å². The number of carboxylic acid groups (broad SMARTS) is 1. The Morgan fingerprint density at radius 1 is 1.50 bits per heavy atom. The fourth-order valence-corrected chi connectivity index (χ4v) is 2.88. The number of H-pyrrole nitrogens is 1. The number of carbonyl (C=O) groups is 1. The number of rotatable bonds is 4. The van der Waals surface area contributed by atoms with Gasteiger partial charge in [0, 0.05) is 18.3 Å². The van der Waals surface area contributed by atoms with Crippen LogP contribution in [-0.2, 0) is 4.79 Å². The van der Waals surface area contributed by atoms with Crippen molar-refractivity contribution in [2.24, 2.45) is 0 Å². The van der Waals surface area contributed by atoms with E-state index < -0.39 is 40.6 Å². The summed E-state index contributed by atoms with van der Waals surface area (Å²) >= 11 is 0. The summed E-state index contributed by atoms with van der Waals surface area (Å²) in [7, 11) is 1.40. The quantitative estimate of drug-likeness (QED) is 0.648. The largest absolute Gasteiger partial charge is 0.503 e. The van der Waals surface area contributed by atoms with E-state index in [1.54, 1.807) is 0 Å². The Balaban J connectivity index is 2.54. The van der Waals surface area contributed by atoms with E-state index in [2.05, 4.69) is 10.3 Å². The van der Waals surface area contributed by atoms with Crippen LogP contribution in [0.3, 0.4) is 0 Å².